The summed E-state index contributed by atoms with van der Waals surface area (Å²) in [4.78, 5) is 27.5. The number of hydrogen-bond acceptors (Lipinski definition) is 4. The number of carboxylic acids is 1. The van der Waals surface area contributed by atoms with Crippen molar-refractivity contribution in [3.63, 3.8) is 0 Å². The molecule has 0 saturated carbocycles. The third-order valence-corrected chi connectivity index (χ3v) is 4.24. The fourth-order valence-corrected chi connectivity index (χ4v) is 3.12. The van der Waals surface area contributed by atoms with Gasteiger partial charge in [-0.1, -0.05) is 6.92 Å². The van der Waals surface area contributed by atoms with Crippen LogP contribution < -0.4 is 0 Å². The summed E-state index contributed by atoms with van der Waals surface area (Å²) in [5.74, 6) is -0.680. The third-order valence-electron chi connectivity index (χ3n) is 4.24. The number of carbonyl (C=O) groups excluding carboxylic acids is 1. The zero-order valence-electron chi connectivity index (χ0n) is 12.1. The first-order chi connectivity index (χ1) is 9.63. The number of morpholine rings is 1. The first kappa shape index (κ1) is 15.3. The quantitative estimate of drug-likeness (QED) is 0.810. The Balaban J connectivity index is 1.95. The highest BCUT2D eigenvalue weighted by Gasteiger charge is 2.34. The molecule has 0 aliphatic carbocycles. The summed E-state index contributed by atoms with van der Waals surface area (Å²) in [5, 5.41) is 9.25. The predicted molar refractivity (Wildman–Crippen MR) is 73.4 cm³/mol. The van der Waals surface area contributed by atoms with Gasteiger partial charge in [0.2, 0.25) is 5.91 Å². The van der Waals surface area contributed by atoms with Crippen LogP contribution in [0, 0.1) is 5.92 Å². The fourth-order valence-electron chi connectivity index (χ4n) is 3.12. The summed E-state index contributed by atoms with van der Waals surface area (Å²) in [6.07, 6.45) is 2.33. The topological polar surface area (TPSA) is 70.1 Å². The summed E-state index contributed by atoms with van der Waals surface area (Å²) in [6.45, 7) is 5.76. The van der Waals surface area contributed by atoms with Gasteiger partial charge in [-0.15, -0.1) is 0 Å². The van der Waals surface area contributed by atoms with Gasteiger partial charge in [-0.2, -0.15) is 0 Å². The molecule has 2 aliphatic rings. The summed E-state index contributed by atoms with van der Waals surface area (Å²) in [5.41, 5.74) is 0. The van der Waals surface area contributed by atoms with Crippen LogP contribution in [0.25, 0.3) is 0 Å². The maximum atomic E-state index is 12.5. The number of nitrogens with zero attached hydrogens (tertiary/aromatic N) is 2. The molecule has 1 amide bonds. The number of carboxylic acid groups (broad SMARTS) is 1. The molecule has 6 heteroatoms. The molecule has 2 unspecified atom stereocenters. The van der Waals surface area contributed by atoms with Crippen LogP contribution in [0.4, 0.5) is 0 Å². The van der Waals surface area contributed by atoms with Gasteiger partial charge < -0.3 is 14.7 Å². The molecule has 2 rings (SSSR count). The van der Waals surface area contributed by atoms with Gasteiger partial charge in [0.15, 0.2) is 0 Å². The van der Waals surface area contributed by atoms with E-state index < -0.39 is 12.0 Å². The van der Waals surface area contributed by atoms with Crippen LogP contribution in [-0.4, -0.2) is 72.2 Å². The van der Waals surface area contributed by atoms with Crippen molar-refractivity contribution in [1.82, 2.24) is 9.80 Å². The zero-order valence-corrected chi connectivity index (χ0v) is 12.1. The molecule has 114 valence electrons. The van der Waals surface area contributed by atoms with E-state index >= 15 is 0 Å². The van der Waals surface area contributed by atoms with Crippen LogP contribution in [0.2, 0.25) is 0 Å². The van der Waals surface area contributed by atoms with E-state index in [1.165, 1.54) is 0 Å². The second-order valence-electron chi connectivity index (χ2n) is 5.53. The Bertz CT molecular complexity index is 355. The summed E-state index contributed by atoms with van der Waals surface area (Å²) in [6, 6.07) is -0.463. The Morgan fingerprint density at radius 3 is 2.60 bits per heavy atom. The number of carbonyl (C=O) groups is 2. The average Bonchev–Trinajstić information content (AvgIpc) is 2.48. The third kappa shape index (κ3) is 3.49. The van der Waals surface area contributed by atoms with E-state index in [1.807, 2.05) is 16.7 Å². The molecule has 2 atom stereocenters. The zero-order chi connectivity index (χ0) is 14.5. The van der Waals surface area contributed by atoms with Gasteiger partial charge in [-0.25, -0.2) is 0 Å². The van der Waals surface area contributed by atoms with E-state index in [4.69, 9.17) is 4.74 Å². The lowest BCUT2D eigenvalue weighted by Crippen LogP contribution is -2.51. The molecule has 2 fully saturated rings. The number of piperidine rings is 1. The minimum Gasteiger partial charge on any atom is -0.480 e. The highest BCUT2D eigenvalue weighted by atomic mass is 16.5. The molecule has 20 heavy (non-hydrogen) atoms. The van der Waals surface area contributed by atoms with Crippen molar-refractivity contribution in [2.24, 2.45) is 5.92 Å². The summed E-state index contributed by atoms with van der Waals surface area (Å²) in [7, 11) is 0. The maximum absolute atomic E-state index is 12.5. The smallest absolute Gasteiger partial charge is 0.320 e. The molecule has 1 N–H and O–H groups in total. The Labute approximate surface area is 119 Å². The normalized spacial score (nSPS) is 26.2. The molecular weight excluding hydrogens is 260 g/mol. The van der Waals surface area contributed by atoms with Crippen LogP contribution >= 0.6 is 0 Å². The van der Waals surface area contributed by atoms with Crippen LogP contribution in [0.5, 0.6) is 0 Å². The van der Waals surface area contributed by atoms with E-state index in [0.717, 1.165) is 19.4 Å². The van der Waals surface area contributed by atoms with Gasteiger partial charge in [0.25, 0.3) is 0 Å². The highest BCUT2D eigenvalue weighted by molar-refractivity contribution is 5.79. The Morgan fingerprint density at radius 1 is 1.30 bits per heavy atom. The molecule has 6 nitrogen and oxygen atoms in total. The van der Waals surface area contributed by atoms with Crippen LogP contribution in [0.15, 0.2) is 0 Å². The van der Waals surface area contributed by atoms with Crippen LogP contribution in [0.1, 0.15) is 26.2 Å². The minimum absolute atomic E-state index is 0.0600. The van der Waals surface area contributed by atoms with Crippen molar-refractivity contribution >= 4 is 11.9 Å². The summed E-state index contributed by atoms with van der Waals surface area (Å²) < 4.78 is 5.26. The molecule has 0 radical (unpaired) electrons. The molecule has 2 saturated heterocycles. The molecule has 0 bridgehead atoms. The van der Waals surface area contributed by atoms with Gasteiger partial charge in [0.1, 0.15) is 6.04 Å². The average molecular weight is 284 g/mol. The molecule has 0 aromatic heterocycles. The molecular formula is C14H24N2O4. The number of aliphatic carboxylic acids is 1. The van der Waals surface area contributed by atoms with Crippen molar-refractivity contribution in [2.75, 3.05) is 39.4 Å². The van der Waals surface area contributed by atoms with E-state index in [9.17, 15) is 14.7 Å². The monoisotopic (exact) mass is 284 g/mol. The Hall–Kier alpha value is -1.14. The number of likely N-dealkylation sites (tertiary alicyclic amines) is 1. The molecule has 2 heterocycles. The molecule has 0 aromatic rings. The van der Waals surface area contributed by atoms with Crippen molar-refractivity contribution < 1.29 is 19.4 Å². The Kier molecular flexibility index (Phi) is 5.37. The largest absolute Gasteiger partial charge is 0.480 e. The van der Waals surface area contributed by atoms with Crippen molar-refractivity contribution in [1.29, 1.82) is 0 Å². The van der Waals surface area contributed by atoms with E-state index in [2.05, 4.69) is 0 Å². The minimum atomic E-state index is -0.785. The molecule has 2 aliphatic heterocycles. The molecule has 0 spiro atoms. The van der Waals surface area contributed by atoms with Crippen molar-refractivity contribution in [3.05, 3.63) is 0 Å². The second-order valence-corrected chi connectivity index (χ2v) is 5.53. The van der Waals surface area contributed by atoms with Crippen LogP contribution in [-0.2, 0) is 14.3 Å². The van der Waals surface area contributed by atoms with Gasteiger partial charge in [0, 0.05) is 19.6 Å². The standard InChI is InChI=1S/C14H24N2O4/c1-2-12(14(18)19)16-5-3-4-11(10-16)13(17)15-6-8-20-9-7-15/h11-12H,2-10H2,1H3,(H,18,19). The first-order valence-electron chi connectivity index (χ1n) is 7.47. The Morgan fingerprint density at radius 2 is 2.00 bits per heavy atom. The summed E-state index contributed by atoms with van der Waals surface area (Å²) >= 11 is 0. The lowest BCUT2D eigenvalue weighted by Gasteiger charge is -2.38. The number of amides is 1. The predicted octanol–water partition coefficient (Wildman–Crippen LogP) is 0.420. The lowest BCUT2D eigenvalue weighted by molar-refractivity contribution is -0.148. The van der Waals surface area contributed by atoms with Crippen LogP contribution in [0.3, 0.4) is 0 Å². The van der Waals surface area contributed by atoms with E-state index in [-0.39, 0.29) is 11.8 Å². The van der Waals surface area contributed by atoms with E-state index in [0.29, 0.717) is 39.3 Å². The fraction of sp³-hybridized carbons (Fsp3) is 0.857. The van der Waals surface area contributed by atoms with Crippen molar-refractivity contribution in [3.8, 4) is 0 Å². The van der Waals surface area contributed by atoms with Gasteiger partial charge in [-0.3, -0.25) is 14.5 Å². The maximum Gasteiger partial charge on any atom is 0.320 e. The highest BCUT2D eigenvalue weighted by Crippen LogP contribution is 2.22. The molecule has 0 aromatic carbocycles. The second kappa shape index (κ2) is 7.04. The van der Waals surface area contributed by atoms with Gasteiger partial charge in [-0.05, 0) is 25.8 Å². The SMILES string of the molecule is CCC(C(=O)O)N1CCCC(C(=O)N2CCOCC2)C1. The van der Waals surface area contributed by atoms with Crippen molar-refractivity contribution in [2.45, 2.75) is 32.2 Å². The first-order valence-corrected chi connectivity index (χ1v) is 7.47. The number of rotatable bonds is 4. The number of hydrogen-bond donors (Lipinski definition) is 1. The van der Waals surface area contributed by atoms with E-state index in [1.54, 1.807) is 0 Å². The number of ether oxygens (including phenoxy) is 1. The van der Waals surface area contributed by atoms with Gasteiger partial charge in [0.05, 0.1) is 19.1 Å². The lowest BCUT2D eigenvalue weighted by atomic mass is 9.94. The van der Waals surface area contributed by atoms with Gasteiger partial charge >= 0.3 is 5.97 Å².